The first-order valence-corrected chi connectivity index (χ1v) is 6.63. The fourth-order valence-electron chi connectivity index (χ4n) is 2.50. The molecular weight excluding hydrogens is 270 g/mol. The summed E-state index contributed by atoms with van der Waals surface area (Å²) in [7, 11) is 1.57. The third-order valence-electron chi connectivity index (χ3n) is 3.63. The third-order valence-corrected chi connectivity index (χ3v) is 3.63. The van der Waals surface area contributed by atoms with Gasteiger partial charge in [0, 0.05) is 19.2 Å². The molecule has 0 atom stereocenters. The van der Waals surface area contributed by atoms with Crippen LogP contribution in [0.1, 0.15) is 21.5 Å². The van der Waals surface area contributed by atoms with Crippen molar-refractivity contribution in [1.29, 1.82) is 0 Å². The predicted octanol–water partition coefficient (Wildman–Crippen LogP) is 1.75. The van der Waals surface area contributed by atoms with Crippen LogP contribution in [0.25, 0.3) is 0 Å². The number of anilines is 1. The van der Waals surface area contributed by atoms with E-state index >= 15 is 0 Å². The molecule has 108 valence electrons. The van der Waals surface area contributed by atoms with Gasteiger partial charge in [-0.3, -0.25) is 0 Å². The third kappa shape index (κ3) is 2.65. The predicted molar refractivity (Wildman–Crippen MR) is 76.7 cm³/mol. The van der Waals surface area contributed by atoms with Gasteiger partial charge in [0.2, 0.25) is 5.88 Å². The number of carbonyl (C=O) groups is 1. The normalized spacial score (nSPS) is 13.7. The van der Waals surface area contributed by atoms with Crippen molar-refractivity contribution >= 4 is 11.8 Å². The minimum atomic E-state index is -0.904. The molecule has 0 bridgehead atoms. The summed E-state index contributed by atoms with van der Waals surface area (Å²) in [6.07, 6.45) is 2.33. The van der Waals surface area contributed by atoms with E-state index in [1.807, 2.05) is 6.07 Å². The molecule has 1 aliphatic heterocycles. The maximum absolute atomic E-state index is 11.1. The molecule has 1 aliphatic rings. The fourth-order valence-corrected chi connectivity index (χ4v) is 2.50. The number of carboxylic acid groups (broad SMARTS) is 1. The molecule has 1 aromatic heterocycles. The van der Waals surface area contributed by atoms with Gasteiger partial charge in [-0.1, -0.05) is 6.07 Å². The van der Waals surface area contributed by atoms with Crippen LogP contribution in [-0.4, -0.2) is 34.7 Å². The largest absolute Gasteiger partial charge is 0.481 e. The molecule has 0 unspecified atom stereocenters. The van der Waals surface area contributed by atoms with Gasteiger partial charge in [-0.2, -0.15) is 0 Å². The molecule has 0 fully saturated rings. The molecule has 0 aliphatic carbocycles. The second kappa shape index (κ2) is 5.40. The molecule has 0 spiro atoms. The number of aromatic carboxylic acids is 1. The topological polar surface area (TPSA) is 75.5 Å². The van der Waals surface area contributed by atoms with Crippen molar-refractivity contribution in [3.8, 4) is 5.88 Å². The van der Waals surface area contributed by atoms with E-state index in [0.717, 1.165) is 24.3 Å². The Morgan fingerprint density at radius 2 is 2.14 bits per heavy atom. The Balaban J connectivity index is 1.89. The van der Waals surface area contributed by atoms with E-state index in [1.54, 1.807) is 25.3 Å². The number of carboxylic acids is 1. The molecule has 2 aromatic rings. The highest BCUT2D eigenvalue weighted by molar-refractivity contribution is 5.88. The molecule has 6 heteroatoms. The van der Waals surface area contributed by atoms with Crippen LogP contribution in [-0.2, 0) is 13.0 Å². The zero-order valence-corrected chi connectivity index (χ0v) is 11.6. The van der Waals surface area contributed by atoms with Crippen molar-refractivity contribution in [3.05, 3.63) is 47.3 Å². The Hall–Kier alpha value is -2.63. The number of ether oxygens (including phenoxy) is 1. The highest BCUT2D eigenvalue weighted by atomic mass is 16.5. The van der Waals surface area contributed by atoms with Crippen molar-refractivity contribution in [2.75, 3.05) is 18.6 Å². The van der Waals surface area contributed by atoms with Gasteiger partial charge in [0.15, 0.2) is 0 Å². The number of rotatable bonds is 3. The summed E-state index contributed by atoms with van der Waals surface area (Å²) < 4.78 is 5.11. The van der Waals surface area contributed by atoms with Crippen LogP contribution < -0.4 is 9.64 Å². The highest BCUT2D eigenvalue weighted by Gasteiger charge is 2.19. The quantitative estimate of drug-likeness (QED) is 0.926. The lowest BCUT2D eigenvalue weighted by Gasteiger charge is -2.30. The lowest BCUT2D eigenvalue weighted by Crippen LogP contribution is -2.31. The molecule has 2 heterocycles. The smallest absolute Gasteiger partial charge is 0.335 e. The van der Waals surface area contributed by atoms with Crippen molar-refractivity contribution in [2.45, 2.75) is 13.0 Å². The van der Waals surface area contributed by atoms with Crippen molar-refractivity contribution in [2.24, 2.45) is 0 Å². The highest BCUT2D eigenvalue weighted by Crippen LogP contribution is 2.25. The van der Waals surface area contributed by atoms with E-state index in [9.17, 15) is 4.79 Å². The van der Waals surface area contributed by atoms with Gasteiger partial charge in [-0.15, -0.1) is 0 Å². The Morgan fingerprint density at radius 1 is 1.29 bits per heavy atom. The minimum absolute atomic E-state index is 0.316. The number of hydrogen-bond donors (Lipinski definition) is 1. The van der Waals surface area contributed by atoms with Crippen LogP contribution in [0.4, 0.5) is 5.82 Å². The van der Waals surface area contributed by atoms with Crippen LogP contribution >= 0.6 is 0 Å². The van der Waals surface area contributed by atoms with E-state index in [0.29, 0.717) is 18.0 Å². The Bertz CT molecular complexity index is 688. The molecule has 21 heavy (non-hydrogen) atoms. The van der Waals surface area contributed by atoms with Gasteiger partial charge >= 0.3 is 5.97 Å². The average molecular weight is 285 g/mol. The minimum Gasteiger partial charge on any atom is -0.481 e. The molecule has 0 amide bonds. The van der Waals surface area contributed by atoms with Crippen molar-refractivity contribution in [3.63, 3.8) is 0 Å². The second-order valence-corrected chi connectivity index (χ2v) is 4.88. The molecular formula is C15H15N3O3. The summed E-state index contributed by atoms with van der Waals surface area (Å²) in [6.45, 7) is 1.47. The number of benzene rings is 1. The van der Waals surface area contributed by atoms with E-state index in [-0.39, 0.29) is 0 Å². The average Bonchev–Trinajstić information content (AvgIpc) is 2.53. The number of fused-ring (bicyclic) bond motifs is 1. The Morgan fingerprint density at radius 3 is 2.90 bits per heavy atom. The molecule has 0 saturated heterocycles. The van der Waals surface area contributed by atoms with Crippen LogP contribution in [0.3, 0.4) is 0 Å². The second-order valence-electron chi connectivity index (χ2n) is 4.88. The van der Waals surface area contributed by atoms with Crippen molar-refractivity contribution < 1.29 is 14.6 Å². The number of nitrogens with zero attached hydrogens (tertiary/aromatic N) is 3. The number of aromatic nitrogens is 2. The monoisotopic (exact) mass is 285 g/mol. The molecule has 0 saturated carbocycles. The first-order valence-electron chi connectivity index (χ1n) is 6.63. The zero-order valence-electron chi connectivity index (χ0n) is 11.6. The summed E-state index contributed by atoms with van der Waals surface area (Å²) in [4.78, 5) is 21.4. The standard InChI is InChI=1S/C15H15N3O3/c1-21-14-7-13(16-9-17-14)18-5-4-10-2-3-11(15(19)20)6-12(10)8-18/h2-3,6-7,9H,4-5,8H2,1H3,(H,19,20). The van der Waals surface area contributed by atoms with E-state index in [2.05, 4.69) is 14.9 Å². The molecule has 1 aromatic carbocycles. The first-order chi connectivity index (χ1) is 10.2. The van der Waals surface area contributed by atoms with Gasteiger partial charge in [0.1, 0.15) is 12.1 Å². The summed E-state index contributed by atoms with van der Waals surface area (Å²) in [5, 5.41) is 9.09. The lowest BCUT2D eigenvalue weighted by atomic mass is 9.97. The Kier molecular flexibility index (Phi) is 3.43. The Labute approximate surface area is 122 Å². The van der Waals surface area contributed by atoms with Gasteiger partial charge in [-0.25, -0.2) is 14.8 Å². The first kappa shape index (κ1) is 13.4. The van der Waals surface area contributed by atoms with Crippen LogP contribution in [0, 0.1) is 0 Å². The van der Waals surface area contributed by atoms with Crippen LogP contribution in [0.2, 0.25) is 0 Å². The molecule has 0 radical (unpaired) electrons. The van der Waals surface area contributed by atoms with Gasteiger partial charge in [-0.05, 0) is 29.7 Å². The fraction of sp³-hybridized carbons (Fsp3) is 0.267. The number of hydrogen-bond acceptors (Lipinski definition) is 5. The van der Waals surface area contributed by atoms with Crippen molar-refractivity contribution in [1.82, 2.24) is 9.97 Å². The zero-order chi connectivity index (χ0) is 14.8. The lowest BCUT2D eigenvalue weighted by molar-refractivity contribution is 0.0696. The van der Waals surface area contributed by atoms with Gasteiger partial charge in [0.25, 0.3) is 0 Å². The summed E-state index contributed by atoms with van der Waals surface area (Å²) >= 11 is 0. The van der Waals surface area contributed by atoms with Crippen LogP contribution in [0.15, 0.2) is 30.6 Å². The molecule has 3 rings (SSSR count). The SMILES string of the molecule is COc1cc(N2CCc3ccc(C(=O)O)cc3C2)ncn1. The summed E-state index contributed by atoms with van der Waals surface area (Å²) in [5.74, 6) is 0.400. The van der Waals surface area contributed by atoms with Gasteiger partial charge < -0.3 is 14.7 Å². The van der Waals surface area contributed by atoms with Crippen LogP contribution in [0.5, 0.6) is 5.88 Å². The maximum Gasteiger partial charge on any atom is 0.335 e. The summed E-state index contributed by atoms with van der Waals surface area (Å²) in [5.41, 5.74) is 2.53. The number of methoxy groups -OCH3 is 1. The van der Waals surface area contributed by atoms with E-state index in [4.69, 9.17) is 9.84 Å². The van der Waals surface area contributed by atoms with E-state index in [1.165, 1.54) is 11.9 Å². The maximum atomic E-state index is 11.1. The van der Waals surface area contributed by atoms with E-state index < -0.39 is 5.97 Å². The molecule has 6 nitrogen and oxygen atoms in total. The molecule has 1 N–H and O–H groups in total. The summed E-state index contributed by atoms with van der Waals surface area (Å²) in [6, 6.07) is 7.08. The van der Waals surface area contributed by atoms with Gasteiger partial charge in [0.05, 0.1) is 12.7 Å².